The molecule has 0 heterocycles. The Morgan fingerprint density at radius 1 is 0.469 bits per heavy atom. The van der Waals surface area contributed by atoms with Gasteiger partial charge in [-0.15, -0.1) is 0 Å². The van der Waals surface area contributed by atoms with Gasteiger partial charge in [-0.3, -0.25) is 13.9 Å². The monoisotopic (exact) mass is 744 g/mol. The van der Waals surface area contributed by atoms with E-state index in [2.05, 4.69) is 18.7 Å². The van der Waals surface area contributed by atoms with Gasteiger partial charge in [0.25, 0.3) is 20.2 Å². The molecule has 0 bridgehead atoms. The zero-order valence-corrected chi connectivity index (χ0v) is 32.5. The molecule has 0 saturated heterocycles. The number of rotatable bonds is 34. The van der Waals surface area contributed by atoms with Crippen molar-refractivity contribution in [3.05, 3.63) is 0 Å². The van der Waals surface area contributed by atoms with E-state index in [0.717, 1.165) is 103 Å². The zero-order valence-electron chi connectivity index (χ0n) is 30.8. The third-order valence-electron chi connectivity index (χ3n) is 9.03. The highest BCUT2D eigenvalue weighted by molar-refractivity contribution is 7.86. The molecule has 0 fully saturated rings. The van der Waals surface area contributed by atoms with E-state index < -0.39 is 42.7 Å². The van der Waals surface area contributed by atoms with E-state index in [0.29, 0.717) is 38.5 Å². The Balaban J connectivity index is 0. The molecule has 0 radical (unpaired) electrons. The van der Waals surface area contributed by atoms with Crippen LogP contribution in [0.2, 0.25) is 0 Å². The molecule has 294 valence electrons. The Morgan fingerprint density at radius 3 is 1.00 bits per heavy atom. The van der Waals surface area contributed by atoms with Crippen LogP contribution in [0, 0.1) is 0 Å². The lowest BCUT2D eigenvalue weighted by Crippen LogP contribution is -2.20. The average Bonchev–Trinajstić information content (AvgIpc) is 3.03. The lowest BCUT2D eigenvalue weighted by molar-refractivity contribution is -0.234. The van der Waals surface area contributed by atoms with Crippen LogP contribution in [0.3, 0.4) is 0 Å². The molecule has 11 nitrogen and oxygen atoms in total. The highest BCUT2D eigenvalue weighted by atomic mass is 32.2. The first-order chi connectivity index (χ1) is 23.3. The van der Waals surface area contributed by atoms with E-state index in [1.165, 1.54) is 38.5 Å². The van der Waals surface area contributed by atoms with Gasteiger partial charge in [0, 0.05) is 12.8 Å². The zero-order chi connectivity index (χ0) is 37.2. The molecule has 49 heavy (non-hydrogen) atoms. The first-order valence-electron chi connectivity index (χ1n) is 19.3. The predicted octanol–water partition coefficient (Wildman–Crippen LogP) is 10.3. The standard InChI is InChI=1S/C18H36O6S.C18H36O5S/c1-2-3-4-5-8-11-14-17(25(21,22)23)15-12-9-6-7-10-13-16-18(19)24-20;1-2-3-4-5-8-11-14-17(24(21,22)23)15-12-9-6-7-10-13-16-18(19)20/h17,20H,2-16H2,1H3,(H,21,22,23);17H,2-16H2,1H3,(H,19,20)(H,21,22,23). The summed E-state index contributed by atoms with van der Waals surface area (Å²) in [6.07, 6.45) is 26.5. The summed E-state index contributed by atoms with van der Waals surface area (Å²) < 4.78 is 64.6. The van der Waals surface area contributed by atoms with Crippen LogP contribution in [0.1, 0.15) is 206 Å². The van der Waals surface area contributed by atoms with Crippen LogP contribution in [0.5, 0.6) is 0 Å². The summed E-state index contributed by atoms with van der Waals surface area (Å²) in [5.74, 6) is -1.36. The van der Waals surface area contributed by atoms with Gasteiger partial charge < -0.3 is 9.99 Å². The van der Waals surface area contributed by atoms with Crippen molar-refractivity contribution in [3.8, 4) is 0 Å². The van der Waals surface area contributed by atoms with Gasteiger partial charge in [-0.2, -0.15) is 22.1 Å². The van der Waals surface area contributed by atoms with E-state index in [-0.39, 0.29) is 12.8 Å². The third-order valence-corrected chi connectivity index (χ3v) is 11.7. The number of carboxylic acid groups (broad SMARTS) is 1. The van der Waals surface area contributed by atoms with Crippen molar-refractivity contribution >= 4 is 32.2 Å². The normalized spacial score (nSPS) is 13.0. The summed E-state index contributed by atoms with van der Waals surface area (Å²) in [4.78, 5) is 24.7. The summed E-state index contributed by atoms with van der Waals surface area (Å²) in [5, 5.41) is 15.4. The smallest absolute Gasteiger partial charge is 0.342 e. The molecule has 0 rings (SSSR count). The van der Waals surface area contributed by atoms with Gasteiger partial charge in [-0.05, 0) is 38.5 Å². The predicted molar refractivity (Wildman–Crippen MR) is 197 cm³/mol. The van der Waals surface area contributed by atoms with Gasteiger partial charge in [0.1, 0.15) is 0 Å². The Bertz CT molecular complexity index is 985. The molecular weight excluding hydrogens is 673 g/mol. The van der Waals surface area contributed by atoms with Crippen molar-refractivity contribution < 1.29 is 50.8 Å². The van der Waals surface area contributed by atoms with Gasteiger partial charge in [0.05, 0.1) is 10.5 Å². The van der Waals surface area contributed by atoms with E-state index in [4.69, 9.17) is 10.4 Å². The molecule has 13 heteroatoms. The number of carbonyl (C=O) groups excluding carboxylic acids is 1. The number of hydrogen-bond acceptors (Lipinski definition) is 8. The van der Waals surface area contributed by atoms with Crippen LogP contribution >= 0.6 is 0 Å². The Hall–Kier alpha value is -1.28. The number of carboxylic acids is 1. The average molecular weight is 745 g/mol. The molecule has 0 aromatic rings. The van der Waals surface area contributed by atoms with Gasteiger partial charge in [-0.25, -0.2) is 4.79 Å². The summed E-state index contributed by atoms with van der Waals surface area (Å²) in [6, 6.07) is 0. The second-order valence-electron chi connectivity index (χ2n) is 13.6. The van der Waals surface area contributed by atoms with E-state index >= 15 is 0 Å². The summed E-state index contributed by atoms with van der Waals surface area (Å²) in [7, 11) is -7.89. The van der Waals surface area contributed by atoms with Crippen LogP contribution < -0.4 is 0 Å². The minimum atomic E-state index is -3.95. The van der Waals surface area contributed by atoms with Crippen LogP contribution in [0.25, 0.3) is 0 Å². The van der Waals surface area contributed by atoms with Gasteiger partial charge in [-0.1, -0.05) is 155 Å². The molecule has 0 spiro atoms. The molecule has 0 aliphatic rings. The summed E-state index contributed by atoms with van der Waals surface area (Å²) in [6.45, 7) is 4.33. The second kappa shape index (κ2) is 33.8. The molecule has 0 aromatic heterocycles. The molecule has 0 aromatic carbocycles. The van der Waals surface area contributed by atoms with E-state index in [1.54, 1.807) is 0 Å². The topological polar surface area (TPSA) is 193 Å². The minimum Gasteiger partial charge on any atom is -0.481 e. The van der Waals surface area contributed by atoms with Gasteiger partial charge in [0.15, 0.2) is 0 Å². The number of carbonyl (C=O) groups is 2. The molecular formula is C36H72O11S2. The highest BCUT2D eigenvalue weighted by Gasteiger charge is 2.22. The van der Waals surface area contributed by atoms with Crippen molar-refractivity contribution in [2.24, 2.45) is 0 Å². The number of hydrogen-bond donors (Lipinski definition) is 4. The molecule has 2 atom stereocenters. The molecule has 0 aliphatic carbocycles. The van der Waals surface area contributed by atoms with E-state index in [9.17, 15) is 35.5 Å². The maximum Gasteiger partial charge on any atom is 0.342 e. The fraction of sp³-hybridized carbons (Fsp3) is 0.944. The van der Waals surface area contributed by atoms with Gasteiger partial charge >= 0.3 is 11.9 Å². The van der Waals surface area contributed by atoms with Crippen LogP contribution in [-0.2, 0) is 34.7 Å². The van der Waals surface area contributed by atoms with Crippen molar-refractivity contribution in [1.82, 2.24) is 0 Å². The fourth-order valence-corrected chi connectivity index (χ4v) is 7.80. The molecule has 0 amide bonds. The molecule has 0 saturated carbocycles. The molecule has 0 aliphatic heterocycles. The fourth-order valence-electron chi connectivity index (χ4n) is 5.94. The van der Waals surface area contributed by atoms with Crippen molar-refractivity contribution in [2.45, 2.75) is 217 Å². The number of aliphatic carboxylic acids is 1. The second-order valence-corrected chi connectivity index (χ2v) is 17.0. The quantitative estimate of drug-likeness (QED) is 0.0212. The largest absolute Gasteiger partial charge is 0.481 e. The molecule has 2 unspecified atom stereocenters. The first-order valence-corrected chi connectivity index (χ1v) is 22.3. The van der Waals surface area contributed by atoms with Gasteiger partial charge in [0.2, 0.25) is 0 Å². The van der Waals surface area contributed by atoms with Crippen molar-refractivity contribution in [2.75, 3.05) is 0 Å². The summed E-state index contributed by atoms with van der Waals surface area (Å²) in [5.41, 5.74) is 0. The van der Waals surface area contributed by atoms with Crippen LogP contribution in [0.4, 0.5) is 0 Å². The Labute approximate surface area is 299 Å². The minimum absolute atomic E-state index is 0.222. The molecule has 4 N–H and O–H groups in total. The van der Waals surface area contributed by atoms with Crippen LogP contribution in [0.15, 0.2) is 0 Å². The lowest BCUT2D eigenvalue weighted by Gasteiger charge is -2.13. The van der Waals surface area contributed by atoms with Crippen molar-refractivity contribution in [1.29, 1.82) is 0 Å². The SMILES string of the molecule is CCCCCCCCC(CCCCCCCCC(=O)O)S(=O)(=O)O.CCCCCCCCC(CCCCCCCCC(=O)OO)S(=O)(=O)O. The highest BCUT2D eigenvalue weighted by Crippen LogP contribution is 2.21. The van der Waals surface area contributed by atoms with E-state index in [1.807, 2.05) is 0 Å². The summed E-state index contributed by atoms with van der Waals surface area (Å²) >= 11 is 0. The Kier molecular flexibility index (Phi) is 34.4. The maximum absolute atomic E-state index is 11.5. The lowest BCUT2D eigenvalue weighted by atomic mass is 10.0. The third kappa shape index (κ3) is 36.3. The van der Waals surface area contributed by atoms with Crippen molar-refractivity contribution in [3.63, 3.8) is 0 Å². The number of unbranched alkanes of at least 4 members (excludes halogenated alkanes) is 20. The Morgan fingerprint density at radius 2 is 0.735 bits per heavy atom. The first kappa shape index (κ1) is 49.8. The maximum atomic E-state index is 11.5. The van der Waals surface area contributed by atoms with Crippen LogP contribution in [-0.4, -0.2) is 58.7 Å².